The molecule has 0 aliphatic heterocycles. The summed E-state index contributed by atoms with van der Waals surface area (Å²) < 4.78 is 5.52. The van der Waals surface area contributed by atoms with Gasteiger partial charge in [-0.3, -0.25) is 4.79 Å². The van der Waals surface area contributed by atoms with Gasteiger partial charge in [0.1, 0.15) is 5.52 Å². The van der Waals surface area contributed by atoms with Gasteiger partial charge in [0.05, 0.1) is 5.56 Å². The normalized spacial score (nSPS) is 11.1. The average Bonchev–Trinajstić information content (AvgIpc) is 3.28. The van der Waals surface area contributed by atoms with Crippen molar-refractivity contribution >= 4 is 34.2 Å². The Bertz CT molecular complexity index is 1190. The first-order valence-electron chi connectivity index (χ1n) is 8.74. The van der Waals surface area contributed by atoms with Crippen molar-refractivity contribution in [2.75, 3.05) is 0 Å². The number of hydrogen-bond acceptors (Lipinski definition) is 5. The van der Waals surface area contributed by atoms with Gasteiger partial charge in [0.25, 0.3) is 5.89 Å². The molecule has 6 heteroatoms. The molecule has 0 fully saturated rings. The number of carbonyl (C=O) groups excluding carboxylic acids is 1. The van der Waals surface area contributed by atoms with E-state index in [0.717, 1.165) is 16.7 Å². The SMILES string of the molecule is Cc1ccc(-c2scc(CC(=O)c3nc4ccccc4o3)c2C(=O)O)cc1C. The summed E-state index contributed by atoms with van der Waals surface area (Å²) in [4.78, 5) is 29.5. The van der Waals surface area contributed by atoms with E-state index in [1.807, 2.05) is 38.1 Å². The van der Waals surface area contributed by atoms with Crippen LogP contribution in [-0.4, -0.2) is 21.8 Å². The van der Waals surface area contributed by atoms with Crippen LogP contribution < -0.4 is 0 Å². The largest absolute Gasteiger partial charge is 0.478 e. The molecule has 0 saturated heterocycles. The first-order valence-corrected chi connectivity index (χ1v) is 9.62. The molecule has 0 aliphatic rings. The highest BCUT2D eigenvalue weighted by atomic mass is 32.1. The second-order valence-corrected chi connectivity index (χ2v) is 7.54. The molecule has 0 amide bonds. The number of carbonyl (C=O) groups is 2. The van der Waals surface area contributed by atoms with E-state index in [0.29, 0.717) is 21.5 Å². The summed E-state index contributed by atoms with van der Waals surface area (Å²) in [6.07, 6.45) is -0.0736. The zero-order valence-electron chi connectivity index (χ0n) is 15.4. The minimum Gasteiger partial charge on any atom is -0.478 e. The Hall–Kier alpha value is -3.25. The average molecular weight is 391 g/mol. The van der Waals surface area contributed by atoms with E-state index in [-0.39, 0.29) is 23.7 Å². The van der Waals surface area contributed by atoms with Gasteiger partial charge in [-0.2, -0.15) is 0 Å². The maximum atomic E-state index is 12.7. The van der Waals surface area contributed by atoms with Crippen molar-refractivity contribution in [1.82, 2.24) is 4.98 Å². The number of fused-ring (bicyclic) bond motifs is 1. The second kappa shape index (κ2) is 7.05. The molecule has 0 radical (unpaired) electrons. The number of aromatic carboxylic acids is 1. The molecule has 0 spiro atoms. The van der Waals surface area contributed by atoms with Crippen LogP contribution in [0.15, 0.2) is 52.3 Å². The highest BCUT2D eigenvalue weighted by Gasteiger charge is 2.23. The zero-order valence-corrected chi connectivity index (χ0v) is 16.2. The van der Waals surface area contributed by atoms with Crippen LogP contribution in [0.3, 0.4) is 0 Å². The fourth-order valence-corrected chi connectivity index (χ4v) is 4.15. The van der Waals surface area contributed by atoms with Gasteiger partial charge < -0.3 is 9.52 Å². The molecule has 140 valence electrons. The van der Waals surface area contributed by atoms with Crippen LogP contribution in [0.4, 0.5) is 0 Å². The van der Waals surface area contributed by atoms with Crippen molar-refractivity contribution in [2.45, 2.75) is 20.3 Å². The highest BCUT2D eigenvalue weighted by molar-refractivity contribution is 7.14. The number of benzene rings is 2. The van der Waals surface area contributed by atoms with Crippen molar-refractivity contribution in [3.63, 3.8) is 0 Å². The van der Waals surface area contributed by atoms with E-state index in [9.17, 15) is 14.7 Å². The molecule has 1 N–H and O–H groups in total. The number of hydrogen-bond donors (Lipinski definition) is 1. The number of Topliss-reactive ketones (excluding diaryl/α,β-unsaturated/α-hetero) is 1. The maximum Gasteiger partial charge on any atom is 0.337 e. The number of nitrogens with zero attached hydrogens (tertiary/aromatic N) is 1. The molecular weight excluding hydrogens is 374 g/mol. The predicted molar refractivity (Wildman–Crippen MR) is 108 cm³/mol. The van der Waals surface area contributed by atoms with Crippen LogP contribution in [0.2, 0.25) is 0 Å². The van der Waals surface area contributed by atoms with Crippen molar-refractivity contribution in [3.8, 4) is 10.4 Å². The molecule has 2 aromatic carbocycles. The zero-order chi connectivity index (χ0) is 19.8. The Balaban J connectivity index is 1.69. The quantitative estimate of drug-likeness (QED) is 0.467. The van der Waals surface area contributed by atoms with E-state index in [4.69, 9.17) is 4.42 Å². The number of carboxylic acid groups (broad SMARTS) is 1. The minimum atomic E-state index is -1.05. The lowest BCUT2D eigenvalue weighted by molar-refractivity contribution is 0.0697. The lowest BCUT2D eigenvalue weighted by Crippen LogP contribution is -2.08. The van der Waals surface area contributed by atoms with E-state index >= 15 is 0 Å². The van der Waals surface area contributed by atoms with Gasteiger partial charge in [-0.15, -0.1) is 11.3 Å². The minimum absolute atomic E-state index is 0.00327. The molecule has 2 aromatic heterocycles. The van der Waals surface area contributed by atoms with Crippen molar-refractivity contribution in [3.05, 3.63) is 76.0 Å². The monoisotopic (exact) mass is 391 g/mol. The number of rotatable bonds is 5. The van der Waals surface area contributed by atoms with Crippen LogP contribution in [0, 0.1) is 13.8 Å². The number of thiophene rings is 1. The lowest BCUT2D eigenvalue weighted by atomic mass is 10.00. The summed E-state index contributed by atoms with van der Waals surface area (Å²) >= 11 is 1.33. The fraction of sp³-hybridized carbons (Fsp3) is 0.136. The summed E-state index contributed by atoms with van der Waals surface area (Å²) in [5.74, 6) is -1.39. The van der Waals surface area contributed by atoms with Crippen LogP contribution >= 0.6 is 11.3 Å². The molecule has 0 atom stereocenters. The number of oxazole rings is 1. The predicted octanol–water partition coefficient (Wildman–Crippen LogP) is 5.30. The second-order valence-electron chi connectivity index (χ2n) is 6.66. The first-order chi connectivity index (χ1) is 13.4. The third kappa shape index (κ3) is 3.23. The van der Waals surface area contributed by atoms with E-state index in [2.05, 4.69) is 4.98 Å². The molecule has 0 bridgehead atoms. The van der Waals surface area contributed by atoms with E-state index in [1.54, 1.807) is 23.6 Å². The van der Waals surface area contributed by atoms with Crippen molar-refractivity contribution < 1.29 is 19.1 Å². The van der Waals surface area contributed by atoms with Gasteiger partial charge in [0, 0.05) is 11.3 Å². The number of aromatic nitrogens is 1. The third-order valence-electron chi connectivity index (χ3n) is 4.73. The molecule has 4 aromatic rings. The highest BCUT2D eigenvalue weighted by Crippen LogP contribution is 2.34. The summed E-state index contributed by atoms with van der Waals surface area (Å²) in [6, 6.07) is 13.0. The van der Waals surface area contributed by atoms with Gasteiger partial charge in [-0.1, -0.05) is 30.3 Å². The Kier molecular flexibility index (Phi) is 4.57. The Morgan fingerprint density at radius 2 is 1.89 bits per heavy atom. The molecule has 4 rings (SSSR count). The first kappa shape index (κ1) is 18.1. The van der Waals surface area contributed by atoms with Crippen LogP contribution in [0.5, 0.6) is 0 Å². The van der Waals surface area contributed by atoms with E-state index in [1.165, 1.54) is 11.3 Å². The molecule has 0 saturated carbocycles. The Labute approximate surface area is 165 Å². The third-order valence-corrected chi connectivity index (χ3v) is 5.81. The summed E-state index contributed by atoms with van der Waals surface area (Å²) in [5, 5.41) is 11.5. The molecule has 2 heterocycles. The van der Waals surface area contributed by atoms with Gasteiger partial charge in [0.2, 0.25) is 5.78 Å². The van der Waals surface area contributed by atoms with Crippen molar-refractivity contribution in [2.24, 2.45) is 0 Å². The van der Waals surface area contributed by atoms with Gasteiger partial charge in [0.15, 0.2) is 5.58 Å². The summed E-state index contributed by atoms with van der Waals surface area (Å²) in [5.41, 5.74) is 4.84. The molecule has 28 heavy (non-hydrogen) atoms. The number of aryl methyl sites for hydroxylation is 2. The van der Waals surface area contributed by atoms with Crippen LogP contribution in [0.1, 0.15) is 37.7 Å². The topological polar surface area (TPSA) is 80.4 Å². The Morgan fingerprint density at radius 3 is 2.61 bits per heavy atom. The lowest BCUT2D eigenvalue weighted by Gasteiger charge is -2.06. The Morgan fingerprint density at radius 1 is 1.11 bits per heavy atom. The summed E-state index contributed by atoms with van der Waals surface area (Å²) in [7, 11) is 0. The smallest absolute Gasteiger partial charge is 0.337 e. The van der Waals surface area contributed by atoms with Gasteiger partial charge >= 0.3 is 5.97 Å². The molecule has 0 unspecified atom stereocenters. The maximum absolute atomic E-state index is 12.7. The van der Waals surface area contributed by atoms with Gasteiger partial charge in [-0.25, -0.2) is 9.78 Å². The fourth-order valence-electron chi connectivity index (χ4n) is 3.09. The van der Waals surface area contributed by atoms with Crippen molar-refractivity contribution in [1.29, 1.82) is 0 Å². The van der Waals surface area contributed by atoms with Gasteiger partial charge in [-0.05, 0) is 53.6 Å². The van der Waals surface area contributed by atoms with Crippen LogP contribution in [-0.2, 0) is 6.42 Å². The molecule has 0 aliphatic carbocycles. The van der Waals surface area contributed by atoms with E-state index < -0.39 is 5.97 Å². The van der Waals surface area contributed by atoms with Crippen LogP contribution in [0.25, 0.3) is 21.5 Å². The number of para-hydroxylation sites is 2. The number of carboxylic acids is 1. The summed E-state index contributed by atoms with van der Waals surface area (Å²) in [6.45, 7) is 4.00. The number of ketones is 1. The molecular formula is C22H17NO4S. The molecule has 5 nitrogen and oxygen atoms in total. The standard InChI is InChI=1S/C22H17NO4S/c1-12-7-8-14(9-13(12)2)20-19(22(25)26)15(11-28-20)10-17(24)21-23-16-5-3-4-6-18(16)27-21/h3-9,11H,10H2,1-2H3,(H,25,26).